The van der Waals surface area contributed by atoms with Crippen LogP contribution in [0.4, 0.5) is 0 Å². The minimum atomic E-state index is -0.138. The zero-order valence-corrected chi connectivity index (χ0v) is 13.2. The van der Waals surface area contributed by atoms with Crippen LogP contribution in [0.25, 0.3) is 0 Å². The van der Waals surface area contributed by atoms with Crippen molar-refractivity contribution < 1.29 is 4.42 Å². The van der Waals surface area contributed by atoms with Crippen LogP contribution in [0.15, 0.2) is 31.1 Å². The summed E-state index contributed by atoms with van der Waals surface area (Å²) in [5.74, 6) is 0.959. The highest BCUT2D eigenvalue weighted by molar-refractivity contribution is 9.13. The second-order valence-electron chi connectivity index (χ2n) is 3.29. The van der Waals surface area contributed by atoms with Gasteiger partial charge in [-0.3, -0.25) is 0 Å². The van der Waals surface area contributed by atoms with Crippen molar-refractivity contribution in [2.45, 2.75) is 18.7 Å². The van der Waals surface area contributed by atoms with Gasteiger partial charge in [0.1, 0.15) is 5.76 Å². The maximum Gasteiger partial charge on any atom is 0.108 e. The Kier molecular flexibility index (Phi) is 4.16. The summed E-state index contributed by atoms with van der Waals surface area (Å²) < 4.78 is 7.50. The molecule has 2 aromatic rings. The topological polar surface area (TPSA) is 13.1 Å². The van der Waals surface area contributed by atoms with Crippen LogP contribution in [0.1, 0.15) is 28.5 Å². The highest BCUT2D eigenvalue weighted by Gasteiger charge is 2.19. The van der Waals surface area contributed by atoms with Crippen LogP contribution in [0, 0.1) is 0 Å². The highest BCUT2D eigenvalue weighted by Crippen LogP contribution is 2.41. The molecule has 0 aliphatic carbocycles. The van der Waals surface area contributed by atoms with Crippen LogP contribution in [-0.2, 0) is 6.42 Å². The minimum absolute atomic E-state index is 0.138. The van der Waals surface area contributed by atoms with Crippen molar-refractivity contribution in [1.29, 1.82) is 0 Å². The summed E-state index contributed by atoms with van der Waals surface area (Å²) in [4.78, 5) is 1.11. The van der Waals surface area contributed by atoms with Crippen molar-refractivity contribution in [2.24, 2.45) is 0 Å². The number of alkyl halides is 1. The summed E-state index contributed by atoms with van der Waals surface area (Å²) in [6, 6.07) is 3.98. The van der Waals surface area contributed by atoms with Gasteiger partial charge in [-0.1, -0.05) is 6.92 Å². The lowest BCUT2D eigenvalue weighted by molar-refractivity contribution is 0.512. The summed E-state index contributed by atoms with van der Waals surface area (Å²) in [6.45, 7) is 2.06. The fourth-order valence-electron chi connectivity index (χ4n) is 1.51. The molecule has 0 spiro atoms. The molecule has 2 aromatic heterocycles. The number of furan rings is 1. The van der Waals surface area contributed by atoms with Crippen LogP contribution in [0.5, 0.6) is 0 Å². The van der Waals surface area contributed by atoms with Crippen molar-refractivity contribution in [3.8, 4) is 0 Å². The summed E-state index contributed by atoms with van der Waals surface area (Å²) in [6.07, 6.45) is 2.56. The molecule has 0 bridgehead atoms. The summed E-state index contributed by atoms with van der Waals surface area (Å²) in [7, 11) is 0. The SMILES string of the molecule is CCc1occc1C(Cl)c1cc(Br)c(Br)s1. The number of halogens is 3. The Labute approximate surface area is 120 Å². The number of rotatable bonds is 3. The lowest BCUT2D eigenvalue weighted by atomic mass is 10.1. The molecule has 0 saturated carbocycles. The molecule has 0 aliphatic rings. The Morgan fingerprint density at radius 2 is 2.25 bits per heavy atom. The molecule has 2 rings (SSSR count). The third-order valence-electron chi connectivity index (χ3n) is 2.29. The lowest BCUT2D eigenvalue weighted by Gasteiger charge is -2.06. The van der Waals surface area contributed by atoms with Crippen molar-refractivity contribution in [1.82, 2.24) is 0 Å². The molecule has 1 unspecified atom stereocenters. The molecule has 0 saturated heterocycles. The van der Waals surface area contributed by atoms with E-state index in [1.165, 1.54) is 0 Å². The largest absolute Gasteiger partial charge is 0.469 e. The Bertz CT molecular complexity index is 472. The van der Waals surface area contributed by atoms with Gasteiger partial charge in [-0.2, -0.15) is 0 Å². The number of hydrogen-bond donors (Lipinski definition) is 0. The van der Waals surface area contributed by atoms with Gasteiger partial charge in [0.15, 0.2) is 0 Å². The first-order valence-corrected chi connectivity index (χ1v) is 7.62. The Balaban J connectivity index is 2.35. The smallest absolute Gasteiger partial charge is 0.108 e. The van der Waals surface area contributed by atoms with Crippen LogP contribution >= 0.6 is 54.8 Å². The second-order valence-corrected chi connectivity index (χ2v) is 6.98. The third kappa shape index (κ3) is 2.40. The van der Waals surface area contributed by atoms with Gasteiger partial charge < -0.3 is 4.42 Å². The van der Waals surface area contributed by atoms with Gasteiger partial charge in [-0.05, 0) is 44.0 Å². The van der Waals surface area contributed by atoms with E-state index in [9.17, 15) is 0 Å². The van der Waals surface area contributed by atoms with Gasteiger partial charge in [0.2, 0.25) is 0 Å². The molecule has 0 amide bonds. The molecule has 2 heterocycles. The molecule has 0 N–H and O–H groups in total. The van der Waals surface area contributed by atoms with Crippen molar-refractivity contribution >= 4 is 54.8 Å². The summed E-state index contributed by atoms with van der Waals surface area (Å²) in [5, 5.41) is -0.138. The van der Waals surface area contributed by atoms with Gasteiger partial charge in [0, 0.05) is 21.3 Å². The fraction of sp³-hybridized carbons (Fsp3) is 0.273. The first-order valence-electron chi connectivity index (χ1n) is 4.78. The van der Waals surface area contributed by atoms with E-state index in [1.54, 1.807) is 17.6 Å². The standard InChI is InChI=1S/C11H9Br2ClOS/c1-2-8-6(3-4-15-8)10(14)9-5-7(12)11(13)16-9/h3-5,10H,2H2,1H3. The van der Waals surface area contributed by atoms with Gasteiger partial charge in [-0.15, -0.1) is 22.9 Å². The lowest BCUT2D eigenvalue weighted by Crippen LogP contribution is -1.92. The van der Waals surface area contributed by atoms with Gasteiger partial charge in [0.05, 0.1) is 15.4 Å². The Hall–Kier alpha value is 0.230. The molecular weight excluding hydrogens is 375 g/mol. The van der Waals surface area contributed by atoms with E-state index in [4.69, 9.17) is 16.0 Å². The van der Waals surface area contributed by atoms with E-state index in [0.717, 1.165) is 30.9 Å². The van der Waals surface area contributed by atoms with Crippen LogP contribution in [0.3, 0.4) is 0 Å². The monoisotopic (exact) mass is 382 g/mol. The first kappa shape index (κ1) is 12.7. The van der Waals surface area contributed by atoms with Crippen molar-refractivity contribution in [2.75, 3.05) is 0 Å². The Morgan fingerprint density at radius 3 is 2.81 bits per heavy atom. The van der Waals surface area contributed by atoms with E-state index < -0.39 is 0 Å². The third-order valence-corrected chi connectivity index (χ3v) is 6.21. The average molecular weight is 385 g/mol. The van der Waals surface area contributed by atoms with E-state index in [0.29, 0.717) is 0 Å². The molecule has 0 aliphatic heterocycles. The van der Waals surface area contributed by atoms with Crippen LogP contribution in [0.2, 0.25) is 0 Å². The normalized spacial score (nSPS) is 13.0. The zero-order chi connectivity index (χ0) is 11.7. The molecule has 0 fully saturated rings. The second kappa shape index (κ2) is 5.25. The molecule has 16 heavy (non-hydrogen) atoms. The number of hydrogen-bond acceptors (Lipinski definition) is 2. The summed E-state index contributed by atoms with van der Waals surface area (Å²) >= 11 is 15.0. The highest BCUT2D eigenvalue weighted by atomic mass is 79.9. The molecule has 0 radical (unpaired) electrons. The van der Waals surface area contributed by atoms with E-state index in [2.05, 4.69) is 38.8 Å². The molecule has 0 aromatic carbocycles. The quantitative estimate of drug-likeness (QED) is 0.614. The number of aryl methyl sites for hydroxylation is 1. The maximum atomic E-state index is 6.45. The molecule has 1 nitrogen and oxygen atoms in total. The minimum Gasteiger partial charge on any atom is -0.469 e. The zero-order valence-electron chi connectivity index (χ0n) is 8.47. The van der Waals surface area contributed by atoms with Gasteiger partial charge >= 0.3 is 0 Å². The molecule has 86 valence electrons. The maximum absolute atomic E-state index is 6.45. The van der Waals surface area contributed by atoms with Crippen LogP contribution in [-0.4, -0.2) is 0 Å². The molecule has 5 heteroatoms. The van der Waals surface area contributed by atoms with Crippen LogP contribution < -0.4 is 0 Å². The van der Waals surface area contributed by atoms with E-state index in [1.807, 2.05) is 12.1 Å². The Morgan fingerprint density at radius 1 is 1.50 bits per heavy atom. The van der Waals surface area contributed by atoms with E-state index in [-0.39, 0.29) is 5.38 Å². The van der Waals surface area contributed by atoms with Crippen molar-refractivity contribution in [3.63, 3.8) is 0 Å². The van der Waals surface area contributed by atoms with Gasteiger partial charge in [0.25, 0.3) is 0 Å². The summed E-state index contributed by atoms with van der Waals surface area (Å²) in [5.41, 5.74) is 1.06. The average Bonchev–Trinajstić information content (AvgIpc) is 2.85. The number of thiophene rings is 1. The predicted octanol–water partition coefficient (Wildman–Crippen LogP) is 5.76. The first-order chi connectivity index (χ1) is 7.63. The fourth-order valence-corrected chi connectivity index (χ4v) is 3.98. The molecule has 1 atom stereocenters. The van der Waals surface area contributed by atoms with E-state index >= 15 is 0 Å². The predicted molar refractivity (Wildman–Crippen MR) is 75.5 cm³/mol. The van der Waals surface area contributed by atoms with Crippen molar-refractivity contribution in [3.05, 3.63) is 42.9 Å². The van der Waals surface area contributed by atoms with Gasteiger partial charge in [-0.25, -0.2) is 0 Å². The molecular formula is C11H9Br2ClOS.